The molecule has 1 aromatic heterocycles. The van der Waals surface area contributed by atoms with Gasteiger partial charge in [-0.25, -0.2) is 9.97 Å². The van der Waals surface area contributed by atoms with Gasteiger partial charge in [-0.15, -0.1) is 0 Å². The number of piperazine rings is 1. The molecule has 8 heteroatoms. The summed E-state index contributed by atoms with van der Waals surface area (Å²) in [6, 6.07) is 1.85. The van der Waals surface area contributed by atoms with Gasteiger partial charge in [-0.3, -0.25) is 9.89 Å². The van der Waals surface area contributed by atoms with Crippen molar-refractivity contribution >= 4 is 11.9 Å². The molecule has 2 saturated heterocycles. The lowest BCUT2D eigenvalue weighted by Crippen LogP contribution is -2.53. The second-order valence-corrected chi connectivity index (χ2v) is 7.86. The number of rotatable bonds is 6. The van der Waals surface area contributed by atoms with Crippen molar-refractivity contribution in [1.29, 1.82) is 0 Å². The summed E-state index contributed by atoms with van der Waals surface area (Å²) < 4.78 is 5.96. The maximum Gasteiger partial charge on any atom is 0.225 e. The van der Waals surface area contributed by atoms with Crippen molar-refractivity contribution in [3.63, 3.8) is 0 Å². The van der Waals surface area contributed by atoms with E-state index < -0.39 is 0 Å². The Morgan fingerprint density at radius 2 is 1.96 bits per heavy atom. The van der Waals surface area contributed by atoms with Gasteiger partial charge in [-0.05, 0) is 18.9 Å². The fraction of sp³-hybridized carbons (Fsp3) is 0.750. The van der Waals surface area contributed by atoms with E-state index in [2.05, 4.69) is 50.8 Å². The molecule has 0 bridgehead atoms. The minimum absolute atomic E-state index is 0.181. The Balaban J connectivity index is 1.53. The SMILES string of the molecule is CCNC(=NCC1CN(CC(C)C)CCO1)N1CCN(c2ncccn2)CC1. The lowest BCUT2D eigenvalue weighted by Gasteiger charge is -2.37. The van der Waals surface area contributed by atoms with Crippen LogP contribution in [0.2, 0.25) is 0 Å². The smallest absolute Gasteiger partial charge is 0.225 e. The van der Waals surface area contributed by atoms with Gasteiger partial charge in [0.05, 0.1) is 19.3 Å². The third-order valence-electron chi connectivity index (χ3n) is 5.04. The summed E-state index contributed by atoms with van der Waals surface area (Å²) in [7, 11) is 0. The maximum absolute atomic E-state index is 5.96. The van der Waals surface area contributed by atoms with Crippen LogP contribution in [0, 0.1) is 5.92 Å². The van der Waals surface area contributed by atoms with Gasteiger partial charge in [0.2, 0.25) is 5.95 Å². The second kappa shape index (κ2) is 10.6. The molecular formula is C20H35N7O. The van der Waals surface area contributed by atoms with Crippen LogP contribution < -0.4 is 10.2 Å². The average Bonchev–Trinajstić information content (AvgIpc) is 2.72. The molecule has 0 aliphatic carbocycles. The highest BCUT2D eigenvalue weighted by Crippen LogP contribution is 2.11. The van der Waals surface area contributed by atoms with E-state index in [0.717, 1.165) is 70.9 Å². The summed E-state index contributed by atoms with van der Waals surface area (Å²) in [5.74, 6) is 2.48. The standard InChI is InChI=1S/C20H35N7O/c1-4-21-19(24-14-18-16-25(12-13-28-18)15-17(2)3)26-8-10-27(11-9-26)20-22-6-5-7-23-20/h5-7,17-18H,4,8-16H2,1-3H3,(H,21,24). The zero-order chi connectivity index (χ0) is 19.8. The highest BCUT2D eigenvalue weighted by molar-refractivity contribution is 5.80. The molecule has 0 spiro atoms. The molecule has 1 N–H and O–H groups in total. The second-order valence-electron chi connectivity index (χ2n) is 7.86. The van der Waals surface area contributed by atoms with Crippen LogP contribution in [0.15, 0.2) is 23.5 Å². The molecule has 1 atom stereocenters. The van der Waals surface area contributed by atoms with Gasteiger partial charge >= 0.3 is 0 Å². The Labute approximate surface area is 169 Å². The number of nitrogens with one attached hydrogen (secondary N) is 1. The number of aliphatic imine (C=N–C) groups is 1. The number of anilines is 1. The largest absolute Gasteiger partial charge is 0.374 e. The van der Waals surface area contributed by atoms with Crippen LogP contribution in [-0.2, 0) is 4.74 Å². The summed E-state index contributed by atoms with van der Waals surface area (Å²) in [6.07, 6.45) is 3.78. The molecule has 2 aliphatic rings. The molecule has 0 radical (unpaired) electrons. The van der Waals surface area contributed by atoms with Crippen molar-refractivity contribution in [2.45, 2.75) is 26.9 Å². The molecule has 2 fully saturated rings. The lowest BCUT2D eigenvalue weighted by molar-refractivity contribution is -0.0262. The van der Waals surface area contributed by atoms with Gasteiger partial charge in [-0.2, -0.15) is 0 Å². The van der Waals surface area contributed by atoms with Crippen LogP contribution in [0.4, 0.5) is 5.95 Å². The van der Waals surface area contributed by atoms with Crippen LogP contribution in [0.3, 0.4) is 0 Å². The molecule has 3 rings (SSSR count). The van der Waals surface area contributed by atoms with E-state index in [1.165, 1.54) is 0 Å². The average molecular weight is 390 g/mol. The number of guanidine groups is 1. The number of ether oxygens (including phenoxy) is 1. The Morgan fingerprint density at radius 3 is 2.64 bits per heavy atom. The normalized spacial score (nSPS) is 22.0. The number of nitrogens with zero attached hydrogens (tertiary/aromatic N) is 6. The third-order valence-corrected chi connectivity index (χ3v) is 5.04. The van der Waals surface area contributed by atoms with Gasteiger partial charge in [0, 0.05) is 64.8 Å². The number of morpholine rings is 1. The van der Waals surface area contributed by atoms with Gasteiger partial charge in [0.1, 0.15) is 0 Å². The number of hydrogen-bond donors (Lipinski definition) is 1. The summed E-state index contributed by atoms with van der Waals surface area (Å²) in [6.45, 7) is 15.8. The Kier molecular flexibility index (Phi) is 7.85. The first-order chi connectivity index (χ1) is 13.7. The van der Waals surface area contributed by atoms with E-state index in [0.29, 0.717) is 12.5 Å². The van der Waals surface area contributed by atoms with Crippen molar-refractivity contribution in [2.24, 2.45) is 10.9 Å². The molecule has 156 valence electrons. The van der Waals surface area contributed by atoms with Crippen LogP contribution in [-0.4, -0.2) is 97.3 Å². The topological polar surface area (TPSA) is 69.1 Å². The van der Waals surface area contributed by atoms with Gasteiger partial charge in [0.15, 0.2) is 5.96 Å². The molecule has 0 saturated carbocycles. The zero-order valence-corrected chi connectivity index (χ0v) is 17.5. The molecule has 0 amide bonds. The predicted molar refractivity (Wildman–Crippen MR) is 113 cm³/mol. The van der Waals surface area contributed by atoms with Gasteiger partial charge < -0.3 is 19.9 Å². The predicted octanol–water partition coefficient (Wildman–Crippen LogP) is 0.921. The maximum atomic E-state index is 5.96. The zero-order valence-electron chi connectivity index (χ0n) is 17.5. The van der Waals surface area contributed by atoms with E-state index >= 15 is 0 Å². The highest BCUT2D eigenvalue weighted by Gasteiger charge is 2.23. The summed E-state index contributed by atoms with van der Waals surface area (Å²) in [5.41, 5.74) is 0. The first kappa shape index (κ1) is 20.8. The summed E-state index contributed by atoms with van der Waals surface area (Å²) in [5, 5.41) is 3.45. The summed E-state index contributed by atoms with van der Waals surface area (Å²) >= 11 is 0. The lowest BCUT2D eigenvalue weighted by atomic mass is 10.2. The molecular weight excluding hydrogens is 354 g/mol. The van der Waals surface area contributed by atoms with E-state index in [1.807, 2.05) is 6.07 Å². The van der Waals surface area contributed by atoms with Crippen LogP contribution >= 0.6 is 0 Å². The van der Waals surface area contributed by atoms with Crippen molar-refractivity contribution in [2.75, 3.05) is 70.4 Å². The van der Waals surface area contributed by atoms with Gasteiger partial charge in [0.25, 0.3) is 0 Å². The first-order valence-corrected chi connectivity index (χ1v) is 10.5. The Bertz CT molecular complexity index is 602. The van der Waals surface area contributed by atoms with E-state index in [1.54, 1.807) is 12.4 Å². The first-order valence-electron chi connectivity index (χ1n) is 10.5. The van der Waals surface area contributed by atoms with Crippen molar-refractivity contribution < 1.29 is 4.74 Å². The minimum Gasteiger partial charge on any atom is -0.374 e. The molecule has 1 aromatic rings. The molecule has 8 nitrogen and oxygen atoms in total. The van der Waals surface area contributed by atoms with Crippen LogP contribution in [0.1, 0.15) is 20.8 Å². The molecule has 1 unspecified atom stereocenters. The Hall–Kier alpha value is -1.93. The highest BCUT2D eigenvalue weighted by atomic mass is 16.5. The number of aromatic nitrogens is 2. The van der Waals surface area contributed by atoms with Crippen LogP contribution in [0.5, 0.6) is 0 Å². The van der Waals surface area contributed by atoms with Crippen molar-refractivity contribution in [1.82, 2.24) is 25.1 Å². The van der Waals surface area contributed by atoms with Crippen LogP contribution in [0.25, 0.3) is 0 Å². The van der Waals surface area contributed by atoms with E-state index in [-0.39, 0.29) is 6.10 Å². The molecule has 0 aromatic carbocycles. The third kappa shape index (κ3) is 6.04. The summed E-state index contributed by atoms with van der Waals surface area (Å²) in [4.78, 5) is 20.7. The Morgan fingerprint density at radius 1 is 1.21 bits per heavy atom. The molecule has 2 aliphatic heterocycles. The minimum atomic E-state index is 0.181. The fourth-order valence-corrected chi connectivity index (χ4v) is 3.76. The molecule has 28 heavy (non-hydrogen) atoms. The quantitative estimate of drug-likeness (QED) is 0.573. The van der Waals surface area contributed by atoms with E-state index in [4.69, 9.17) is 9.73 Å². The molecule has 3 heterocycles. The van der Waals surface area contributed by atoms with Gasteiger partial charge in [-0.1, -0.05) is 13.8 Å². The fourth-order valence-electron chi connectivity index (χ4n) is 3.76. The number of hydrogen-bond acceptors (Lipinski definition) is 6. The van der Waals surface area contributed by atoms with Crippen molar-refractivity contribution in [3.05, 3.63) is 18.5 Å². The monoisotopic (exact) mass is 389 g/mol. The van der Waals surface area contributed by atoms with Crippen molar-refractivity contribution in [3.8, 4) is 0 Å². The van der Waals surface area contributed by atoms with E-state index in [9.17, 15) is 0 Å².